The zero-order valence-electron chi connectivity index (χ0n) is 20.9. The van der Waals surface area contributed by atoms with Crippen LogP contribution in [-0.4, -0.2) is 32.2 Å². The number of nitrogens with one attached hydrogen (secondary N) is 2. The number of anilines is 4. The summed E-state index contributed by atoms with van der Waals surface area (Å²) in [7, 11) is 0. The van der Waals surface area contributed by atoms with Crippen LogP contribution in [0.1, 0.15) is 21.5 Å². The van der Waals surface area contributed by atoms with Crippen molar-refractivity contribution in [3.8, 4) is 5.75 Å². The quantitative estimate of drug-likeness (QED) is 0.297. The molecule has 0 radical (unpaired) electrons. The van der Waals surface area contributed by atoms with E-state index in [9.17, 15) is 4.79 Å². The van der Waals surface area contributed by atoms with Crippen molar-refractivity contribution >= 4 is 28.7 Å². The van der Waals surface area contributed by atoms with E-state index in [1.165, 1.54) is 0 Å². The zero-order valence-corrected chi connectivity index (χ0v) is 20.9. The largest absolute Gasteiger partial charge is 0.489 e. The second-order valence-electron chi connectivity index (χ2n) is 9.06. The third-order valence-corrected chi connectivity index (χ3v) is 6.34. The first-order valence-corrected chi connectivity index (χ1v) is 12.5. The summed E-state index contributed by atoms with van der Waals surface area (Å²) in [5, 5.41) is 6.49. The lowest BCUT2D eigenvalue weighted by molar-refractivity contribution is 0.102. The van der Waals surface area contributed by atoms with E-state index in [0.29, 0.717) is 12.2 Å². The Morgan fingerprint density at radius 2 is 1.65 bits per heavy atom. The molecule has 1 heterocycles. The number of hydrogen-bond donors (Lipinski definition) is 2. The van der Waals surface area contributed by atoms with Crippen LogP contribution in [0.5, 0.6) is 5.75 Å². The highest BCUT2D eigenvalue weighted by Gasteiger charge is 2.13. The summed E-state index contributed by atoms with van der Waals surface area (Å²) in [5.74, 6) is 0.627. The van der Waals surface area contributed by atoms with E-state index in [0.717, 1.165) is 65.9 Å². The molecule has 0 atom stereocenters. The Morgan fingerprint density at radius 1 is 0.865 bits per heavy atom. The molecule has 0 bridgehead atoms. The van der Waals surface area contributed by atoms with E-state index in [1.54, 1.807) is 0 Å². The van der Waals surface area contributed by atoms with Crippen LogP contribution in [0.15, 0.2) is 97.1 Å². The molecule has 0 aromatic heterocycles. The highest BCUT2D eigenvalue weighted by Crippen LogP contribution is 2.26. The molecule has 6 heteroatoms. The predicted octanol–water partition coefficient (Wildman–Crippen LogP) is 6.41. The minimum absolute atomic E-state index is 0.151. The molecule has 6 nitrogen and oxygen atoms in total. The molecule has 37 heavy (non-hydrogen) atoms. The molecule has 0 saturated carbocycles. The van der Waals surface area contributed by atoms with E-state index in [1.807, 2.05) is 97.9 Å². The maximum atomic E-state index is 13.1. The summed E-state index contributed by atoms with van der Waals surface area (Å²) in [6.45, 7) is 5.67. The van der Waals surface area contributed by atoms with Gasteiger partial charge in [0.2, 0.25) is 0 Å². The van der Waals surface area contributed by atoms with E-state index in [4.69, 9.17) is 9.47 Å². The monoisotopic (exact) mass is 493 g/mol. The van der Waals surface area contributed by atoms with Gasteiger partial charge in [0.1, 0.15) is 12.4 Å². The number of rotatable bonds is 8. The van der Waals surface area contributed by atoms with E-state index >= 15 is 0 Å². The number of hydrogen-bond acceptors (Lipinski definition) is 5. The minimum atomic E-state index is -0.151. The molecule has 2 N–H and O–H groups in total. The van der Waals surface area contributed by atoms with Crippen molar-refractivity contribution in [2.24, 2.45) is 0 Å². The number of carbonyl (C=O) groups is 1. The summed E-state index contributed by atoms with van der Waals surface area (Å²) in [4.78, 5) is 15.4. The Labute approximate surface area is 217 Å². The van der Waals surface area contributed by atoms with Crippen LogP contribution < -0.4 is 20.3 Å². The Bertz CT molecular complexity index is 1350. The van der Waals surface area contributed by atoms with Gasteiger partial charge < -0.3 is 25.0 Å². The topological polar surface area (TPSA) is 62.8 Å². The van der Waals surface area contributed by atoms with E-state index in [-0.39, 0.29) is 5.91 Å². The Balaban J connectivity index is 1.26. The molecule has 0 spiro atoms. The fourth-order valence-corrected chi connectivity index (χ4v) is 4.26. The average molecular weight is 494 g/mol. The van der Waals surface area contributed by atoms with Crippen LogP contribution in [0.25, 0.3) is 0 Å². The van der Waals surface area contributed by atoms with Crippen molar-refractivity contribution in [2.75, 3.05) is 41.8 Å². The maximum Gasteiger partial charge on any atom is 0.255 e. The summed E-state index contributed by atoms with van der Waals surface area (Å²) < 4.78 is 11.4. The molecule has 5 rings (SSSR count). The molecular weight excluding hydrogens is 462 g/mol. The van der Waals surface area contributed by atoms with E-state index in [2.05, 4.69) is 21.6 Å². The second-order valence-corrected chi connectivity index (χ2v) is 9.06. The van der Waals surface area contributed by atoms with Gasteiger partial charge in [0.25, 0.3) is 5.91 Å². The second kappa shape index (κ2) is 11.6. The molecule has 1 aliphatic heterocycles. The minimum Gasteiger partial charge on any atom is -0.489 e. The van der Waals surface area contributed by atoms with Gasteiger partial charge in [0.05, 0.1) is 13.2 Å². The Morgan fingerprint density at radius 3 is 2.49 bits per heavy atom. The van der Waals surface area contributed by atoms with Crippen molar-refractivity contribution < 1.29 is 14.3 Å². The summed E-state index contributed by atoms with van der Waals surface area (Å²) in [6.07, 6.45) is 0. The van der Waals surface area contributed by atoms with Gasteiger partial charge >= 0.3 is 0 Å². The molecule has 188 valence electrons. The van der Waals surface area contributed by atoms with Crippen LogP contribution in [0.3, 0.4) is 0 Å². The standard InChI is InChI=1S/C31H31N3O3/c1-23-13-14-25(31(35)33-26-9-5-11-28(20-26)34-15-17-36-18-16-34)19-30(23)32-27-10-6-12-29(21-27)37-22-24-7-3-2-4-8-24/h2-14,19-21,32H,15-18,22H2,1H3,(H,33,35). The molecule has 1 aliphatic rings. The van der Waals surface area contributed by atoms with Gasteiger partial charge in [-0.05, 0) is 60.5 Å². The normalized spacial score (nSPS) is 13.2. The van der Waals surface area contributed by atoms with E-state index < -0.39 is 0 Å². The number of morpholine rings is 1. The number of ether oxygens (including phenoxy) is 2. The van der Waals surface area contributed by atoms with Crippen LogP contribution >= 0.6 is 0 Å². The zero-order chi connectivity index (χ0) is 25.5. The summed E-state index contributed by atoms with van der Waals surface area (Å²) in [6, 6.07) is 31.6. The maximum absolute atomic E-state index is 13.1. The first-order chi connectivity index (χ1) is 18.1. The third kappa shape index (κ3) is 6.48. The van der Waals surface area contributed by atoms with Crippen LogP contribution in [0.4, 0.5) is 22.7 Å². The highest BCUT2D eigenvalue weighted by molar-refractivity contribution is 6.05. The van der Waals surface area contributed by atoms with Gasteiger partial charge in [-0.25, -0.2) is 0 Å². The van der Waals surface area contributed by atoms with Gasteiger partial charge in [-0.3, -0.25) is 4.79 Å². The lowest BCUT2D eigenvalue weighted by Crippen LogP contribution is -2.36. The molecule has 0 aliphatic carbocycles. The first kappa shape index (κ1) is 24.4. The SMILES string of the molecule is Cc1ccc(C(=O)Nc2cccc(N3CCOCC3)c2)cc1Nc1cccc(OCc2ccccc2)c1. The molecule has 1 saturated heterocycles. The highest BCUT2D eigenvalue weighted by atomic mass is 16.5. The van der Waals surface area contributed by atoms with Crippen LogP contribution in [-0.2, 0) is 11.3 Å². The molecule has 1 amide bonds. The molecular formula is C31H31N3O3. The van der Waals surface area contributed by atoms with Crippen molar-refractivity contribution in [3.05, 3.63) is 114 Å². The smallest absolute Gasteiger partial charge is 0.255 e. The average Bonchev–Trinajstić information content (AvgIpc) is 2.94. The lowest BCUT2D eigenvalue weighted by atomic mass is 10.1. The van der Waals surface area contributed by atoms with Crippen LogP contribution in [0.2, 0.25) is 0 Å². The number of amides is 1. The van der Waals surface area contributed by atoms with Crippen molar-refractivity contribution in [2.45, 2.75) is 13.5 Å². The number of aryl methyl sites for hydroxylation is 1. The fraction of sp³-hybridized carbons (Fsp3) is 0.194. The third-order valence-electron chi connectivity index (χ3n) is 6.34. The number of nitrogens with zero attached hydrogens (tertiary/aromatic N) is 1. The van der Waals surface area contributed by atoms with Crippen molar-refractivity contribution in [3.63, 3.8) is 0 Å². The van der Waals surface area contributed by atoms with Crippen molar-refractivity contribution in [1.82, 2.24) is 0 Å². The van der Waals surface area contributed by atoms with Gasteiger partial charge in [-0.15, -0.1) is 0 Å². The van der Waals surface area contributed by atoms with Gasteiger partial charge in [-0.2, -0.15) is 0 Å². The Kier molecular flexibility index (Phi) is 7.67. The van der Waals surface area contributed by atoms with Crippen LogP contribution in [0, 0.1) is 6.92 Å². The Hall–Kier alpha value is -4.29. The number of benzene rings is 4. The molecule has 4 aromatic carbocycles. The van der Waals surface area contributed by atoms with Crippen molar-refractivity contribution in [1.29, 1.82) is 0 Å². The van der Waals surface area contributed by atoms with Gasteiger partial charge in [0.15, 0.2) is 0 Å². The van der Waals surface area contributed by atoms with Gasteiger partial charge in [0, 0.05) is 47.5 Å². The molecule has 1 fully saturated rings. The summed E-state index contributed by atoms with van der Waals surface area (Å²) in [5.41, 5.74) is 6.36. The lowest BCUT2D eigenvalue weighted by Gasteiger charge is -2.29. The molecule has 4 aromatic rings. The predicted molar refractivity (Wildman–Crippen MR) is 149 cm³/mol. The first-order valence-electron chi connectivity index (χ1n) is 12.5. The van der Waals surface area contributed by atoms with Gasteiger partial charge in [-0.1, -0.05) is 48.5 Å². The summed E-state index contributed by atoms with van der Waals surface area (Å²) >= 11 is 0. The molecule has 0 unspecified atom stereocenters. The fourth-order valence-electron chi connectivity index (χ4n) is 4.26. The number of carbonyl (C=O) groups excluding carboxylic acids is 1.